The fraction of sp³-hybridized carbons (Fsp3) is 0.167. The molecule has 2 nitrogen and oxygen atoms in total. The van der Waals surface area contributed by atoms with Gasteiger partial charge in [-0.15, -0.1) is 0 Å². The second-order valence-corrected chi connectivity index (χ2v) is 4.66. The number of aryl methyl sites for hydroxylation is 1. The Morgan fingerprint density at radius 1 is 1.06 bits per heavy atom. The van der Waals surface area contributed by atoms with Gasteiger partial charge < -0.3 is 0 Å². The highest BCUT2D eigenvalue weighted by Gasteiger charge is 2.12. The second kappa shape index (κ2) is 5.21. The summed E-state index contributed by atoms with van der Waals surface area (Å²) < 4.78 is 0. The number of halogens is 3. The summed E-state index contributed by atoms with van der Waals surface area (Å²) >= 11 is 18.2. The normalized spacial score (nSPS) is 10.6. The number of nitrogens with zero attached hydrogens (tertiary/aromatic N) is 2. The van der Waals surface area contributed by atoms with Crippen LogP contribution < -0.4 is 0 Å². The summed E-state index contributed by atoms with van der Waals surface area (Å²) in [5.74, 6) is 0.463. The first kappa shape index (κ1) is 12.6. The van der Waals surface area contributed by atoms with Gasteiger partial charge in [-0.1, -0.05) is 47.8 Å². The van der Waals surface area contributed by atoms with Gasteiger partial charge in [-0.25, -0.2) is 9.97 Å². The molecule has 0 N–H and O–H groups in total. The summed E-state index contributed by atoms with van der Waals surface area (Å²) in [5, 5.41) is 1.42. The minimum Gasteiger partial charge on any atom is -0.233 e. The molecule has 0 aliphatic rings. The molecule has 1 aromatic carbocycles. The maximum Gasteiger partial charge on any atom is 0.164 e. The predicted octanol–water partition coefficient (Wildman–Crippen LogP) is 4.67. The van der Waals surface area contributed by atoms with E-state index >= 15 is 0 Å². The summed E-state index contributed by atoms with van der Waals surface area (Å²) in [7, 11) is 0. The lowest BCUT2D eigenvalue weighted by Gasteiger charge is -2.07. The standard InChI is InChI=1S/C12H9Cl3N2/c1-2-7-6-10(15)17-12(16-7)11-8(13)4-3-5-9(11)14/h3-6H,2H2,1H3. The Hall–Kier alpha value is -0.830. The minimum absolute atomic E-state index is 0.392. The van der Waals surface area contributed by atoms with Gasteiger partial charge in [-0.05, 0) is 24.6 Å². The molecule has 17 heavy (non-hydrogen) atoms. The highest BCUT2D eigenvalue weighted by Crippen LogP contribution is 2.32. The SMILES string of the molecule is CCc1cc(Cl)nc(-c2c(Cl)cccc2Cl)n1. The van der Waals surface area contributed by atoms with Gasteiger partial charge in [-0.3, -0.25) is 0 Å². The second-order valence-electron chi connectivity index (χ2n) is 3.46. The molecule has 1 aromatic heterocycles. The first-order chi connectivity index (χ1) is 8.11. The van der Waals surface area contributed by atoms with E-state index in [0.29, 0.717) is 26.6 Å². The zero-order chi connectivity index (χ0) is 12.4. The Balaban J connectivity index is 2.64. The smallest absolute Gasteiger partial charge is 0.164 e. The van der Waals surface area contributed by atoms with Crippen molar-refractivity contribution >= 4 is 34.8 Å². The number of benzene rings is 1. The third-order valence-electron chi connectivity index (χ3n) is 2.30. The molecule has 0 fully saturated rings. The van der Waals surface area contributed by atoms with Gasteiger partial charge >= 0.3 is 0 Å². The highest BCUT2D eigenvalue weighted by molar-refractivity contribution is 6.39. The summed E-state index contributed by atoms with van der Waals surface area (Å²) in [4.78, 5) is 8.54. The molecule has 1 heterocycles. The number of rotatable bonds is 2. The third kappa shape index (κ3) is 2.71. The van der Waals surface area contributed by atoms with Crippen LogP contribution in [0.25, 0.3) is 11.4 Å². The first-order valence-electron chi connectivity index (χ1n) is 5.09. The van der Waals surface area contributed by atoms with Crippen molar-refractivity contribution in [3.8, 4) is 11.4 Å². The first-order valence-corrected chi connectivity index (χ1v) is 6.23. The molecule has 88 valence electrons. The summed E-state index contributed by atoms with van der Waals surface area (Å²) in [6, 6.07) is 7.01. The van der Waals surface area contributed by atoms with Crippen LogP contribution in [0.3, 0.4) is 0 Å². The van der Waals surface area contributed by atoms with Crippen LogP contribution >= 0.6 is 34.8 Å². The van der Waals surface area contributed by atoms with E-state index in [1.54, 1.807) is 24.3 Å². The van der Waals surface area contributed by atoms with Crippen molar-refractivity contribution in [2.24, 2.45) is 0 Å². The fourth-order valence-electron chi connectivity index (χ4n) is 1.47. The van der Waals surface area contributed by atoms with Crippen LogP contribution in [-0.4, -0.2) is 9.97 Å². The molecule has 0 unspecified atom stereocenters. The van der Waals surface area contributed by atoms with Gasteiger partial charge in [0.15, 0.2) is 5.82 Å². The molecule has 0 atom stereocenters. The number of hydrogen-bond acceptors (Lipinski definition) is 2. The molecule has 5 heteroatoms. The van der Waals surface area contributed by atoms with Crippen molar-refractivity contribution < 1.29 is 0 Å². The van der Waals surface area contributed by atoms with Gasteiger partial charge in [0, 0.05) is 5.69 Å². The molecule has 0 saturated carbocycles. The van der Waals surface area contributed by atoms with Gasteiger partial charge in [0.25, 0.3) is 0 Å². The molecule has 0 aliphatic carbocycles. The monoisotopic (exact) mass is 286 g/mol. The van der Waals surface area contributed by atoms with E-state index in [0.717, 1.165) is 12.1 Å². The largest absolute Gasteiger partial charge is 0.233 e. The average Bonchev–Trinajstić information content (AvgIpc) is 2.28. The number of hydrogen-bond donors (Lipinski definition) is 0. The molecule has 2 rings (SSSR count). The maximum absolute atomic E-state index is 6.10. The Bertz CT molecular complexity index is 535. The van der Waals surface area contributed by atoms with E-state index in [2.05, 4.69) is 9.97 Å². The Morgan fingerprint density at radius 3 is 2.29 bits per heavy atom. The summed E-state index contributed by atoms with van der Waals surface area (Å²) in [6.45, 7) is 2.00. The third-order valence-corrected chi connectivity index (χ3v) is 3.12. The highest BCUT2D eigenvalue weighted by atomic mass is 35.5. The summed E-state index contributed by atoms with van der Waals surface area (Å²) in [5.41, 5.74) is 1.48. The lowest BCUT2D eigenvalue weighted by Crippen LogP contribution is -1.96. The zero-order valence-corrected chi connectivity index (χ0v) is 11.3. The van der Waals surface area contributed by atoms with E-state index in [1.165, 1.54) is 0 Å². The van der Waals surface area contributed by atoms with Crippen molar-refractivity contribution in [1.29, 1.82) is 0 Å². The van der Waals surface area contributed by atoms with Crippen molar-refractivity contribution in [3.05, 3.63) is 45.2 Å². The molecular weight excluding hydrogens is 279 g/mol. The van der Waals surface area contributed by atoms with Gasteiger partial charge in [0.05, 0.1) is 15.6 Å². The van der Waals surface area contributed by atoms with Gasteiger partial charge in [-0.2, -0.15) is 0 Å². The topological polar surface area (TPSA) is 25.8 Å². The zero-order valence-electron chi connectivity index (χ0n) is 9.04. The minimum atomic E-state index is 0.392. The van der Waals surface area contributed by atoms with E-state index in [9.17, 15) is 0 Å². The van der Waals surface area contributed by atoms with Crippen molar-refractivity contribution in [1.82, 2.24) is 9.97 Å². The summed E-state index contributed by atoms with van der Waals surface area (Å²) in [6.07, 6.45) is 0.775. The van der Waals surface area contributed by atoms with E-state index in [-0.39, 0.29) is 0 Å². The predicted molar refractivity (Wildman–Crippen MR) is 71.9 cm³/mol. The molecule has 0 spiro atoms. The molecular formula is C12H9Cl3N2. The Kier molecular flexibility index (Phi) is 3.87. The lowest BCUT2D eigenvalue weighted by molar-refractivity contribution is 1.01. The van der Waals surface area contributed by atoms with Crippen molar-refractivity contribution in [2.45, 2.75) is 13.3 Å². The molecule has 0 radical (unpaired) electrons. The average molecular weight is 288 g/mol. The van der Waals surface area contributed by atoms with E-state index in [1.807, 2.05) is 6.92 Å². The molecule has 2 aromatic rings. The van der Waals surface area contributed by atoms with Crippen LogP contribution in [0.4, 0.5) is 0 Å². The lowest BCUT2D eigenvalue weighted by atomic mass is 10.2. The van der Waals surface area contributed by atoms with Crippen molar-refractivity contribution in [2.75, 3.05) is 0 Å². The maximum atomic E-state index is 6.10. The fourth-order valence-corrected chi connectivity index (χ4v) is 2.24. The van der Waals surface area contributed by atoms with Gasteiger partial charge in [0.1, 0.15) is 5.15 Å². The van der Waals surface area contributed by atoms with Crippen molar-refractivity contribution in [3.63, 3.8) is 0 Å². The van der Waals surface area contributed by atoms with Crippen LogP contribution in [0.1, 0.15) is 12.6 Å². The van der Waals surface area contributed by atoms with Crippen LogP contribution in [0.5, 0.6) is 0 Å². The van der Waals surface area contributed by atoms with Crippen LogP contribution in [0.15, 0.2) is 24.3 Å². The quantitative estimate of drug-likeness (QED) is 0.750. The molecule has 0 bridgehead atoms. The van der Waals surface area contributed by atoms with Gasteiger partial charge in [0.2, 0.25) is 0 Å². The van der Waals surface area contributed by atoms with Crippen LogP contribution in [-0.2, 0) is 6.42 Å². The molecule has 0 saturated heterocycles. The van der Waals surface area contributed by atoms with E-state index < -0.39 is 0 Å². The Morgan fingerprint density at radius 2 is 1.71 bits per heavy atom. The Labute approximate surface area is 115 Å². The molecule has 0 aliphatic heterocycles. The molecule has 0 amide bonds. The van der Waals surface area contributed by atoms with Crippen LogP contribution in [0, 0.1) is 0 Å². The van der Waals surface area contributed by atoms with E-state index in [4.69, 9.17) is 34.8 Å². The number of aromatic nitrogens is 2. The van der Waals surface area contributed by atoms with Crippen LogP contribution in [0.2, 0.25) is 15.2 Å².